The fourth-order valence-electron chi connectivity index (χ4n) is 4.29. The van der Waals surface area contributed by atoms with Crippen LogP contribution < -0.4 is 4.90 Å². The minimum Gasteiger partial charge on any atom is -0.507 e. The molecule has 2 heterocycles. The van der Waals surface area contributed by atoms with Crippen molar-refractivity contribution in [3.8, 4) is 0 Å². The molecule has 1 aliphatic rings. The van der Waals surface area contributed by atoms with E-state index >= 15 is 0 Å². The van der Waals surface area contributed by atoms with Gasteiger partial charge in [0.25, 0.3) is 5.78 Å². The SMILES string of the molecule is Cc1ccc(C)c(/C(O)=C2\C(=O)C(=O)N(c3nnc(SCc4ccc(Cl)cc4Cl)s3)C2c2cccc(Cl)c2)c1. The van der Waals surface area contributed by atoms with E-state index in [0.29, 0.717) is 36.3 Å². The molecule has 3 aromatic carbocycles. The molecule has 11 heteroatoms. The van der Waals surface area contributed by atoms with Gasteiger partial charge in [-0.25, -0.2) is 0 Å². The van der Waals surface area contributed by atoms with Gasteiger partial charge in [-0.05, 0) is 60.9 Å². The highest BCUT2D eigenvalue weighted by Crippen LogP contribution is 2.45. The molecule has 0 aliphatic carbocycles. The van der Waals surface area contributed by atoms with Gasteiger partial charge in [0.2, 0.25) is 5.13 Å². The van der Waals surface area contributed by atoms with Crippen molar-refractivity contribution < 1.29 is 14.7 Å². The van der Waals surface area contributed by atoms with Crippen LogP contribution in [0.25, 0.3) is 5.76 Å². The molecule has 0 bridgehead atoms. The highest BCUT2D eigenvalue weighted by molar-refractivity contribution is 8.00. The van der Waals surface area contributed by atoms with Crippen LogP contribution in [0.3, 0.4) is 0 Å². The van der Waals surface area contributed by atoms with E-state index in [1.807, 2.05) is 32.0 Å². The fraction of sp³-hybridized carbons (Fsp3) is 0.143. The van der Waals surface area contributed by atoms with E-state index in [-0.39, 0.29) is 16.5 Å². The molecule has 1 aromatic heterocycles. The van der Waals surface area contributed by atoms with Gasteiger partial charge in [0.15, 0.2) is 4.34 Å². The largest absolute Gasteiger partial charge is 0.507 e. The van der Waals surface area contributed by atoms with Crippen LogP contribution in [0.4, 0.5) is 5.13 Å². The Morgan fingerprint density at radius 2 is 1.77 bits per heavy atom. The first-order chi connectivity index (χ1) is 18.6. The summed E-state index contributed by atoms with van der Waals surface area (Å²) in [7, 11) is 0. The van der Waals surface area contributed by atoms with E-state index in [2.05, 4.69) is 10.2 Å². The van der Waals surface area contributed by atoms with Gasteiger partial charge in [0.1, 0.15) is 5.76 Å². The maximum atomic E-state index is 13.4. The number of aliphatic hydroxyl groups is 1. The Balaban J connectivity index is 1.56. The van der Waals surface area contributed by atoms with E-state index < -0.39 is 17.7 Å². The Morgan fingerprint density at radius 1 is 1.00 bits per heavy atom. The minimum atomic E-state index is -0.944. The zero-order chi connectivity index (χ0) is 27.8. The van der Waals surface area contributed by atoms with Crippen molar-refractivity contribution in [1.82, 2.24) is 10.2 Å². The second kappa shape index (κ2) is 11.3. The van der Waals surface area contributed by atoms with Gasteiger partial charge in [0.05, 0.1) is 11.6 Å². The molecule has 39 heavy (non-hydrogen) atoms. The van der Waals surface area contributed by atoms with Gasteiger partial charge in [-0.15, -0.1) is 10.2 Å². The third-order valence-electron chi connectivity index (χ3n) is 6.23. The van der Waals surface area contributed by atoms with E-state index in [1.54, 1.807) is 42.5 Å². The summed E-state index contributed by atoms with van der Waals surface area (Å²) in [4.78, 5) is 28.2. The summed E-state index contributed by atoms with van der Waals surface area (Å²) in [5, 5.41) is 21.6. The van der Waals surface area contributed by atoms with Crippen molar-refractivity contribution in [3.05, 3.63) is 109 Å². The molecule has 1 unspecified atom stereocenters. The molecule has 1 fully saturated rings. The Kier molecular flexibility index (Phi) is 8.03. The quantitative estimate of drug-likeness (QED) is 0.0776. The first-order valence-electron chi connectivity index (χ1n) is 11.7. The normalized spacial score (nSPS) is 16.7. The molecule has 1 atom stereocenters. The highest BCUT2D eigenvalue weighted by atomic mass is 35.5. The number of carbonyl (C=O) groups excluding carboxylic acids is 2. The van der Waals surface area contributed by atoms with E-state index in [0.717, 1.165) is 16.7 Å². The number of ketones is 1. The number of hydrogen-bond donors (Lipinski definition) is 1. The number of carbonyl (C=O) groups is 2. The van der Waals surface area contributed by atoms with Crippen LogP contribution in [-0.2, 0) is 15.3 Å². The molecule has 5 rings (SSSR count). The molecule has 6 nitrogen and oxygen atoms in total. The Bertz CT molecular complexity index is 1650. The van der Waals surface area contributed by atoms with Gasteiger partial charge in [0, 0.05) is 26.4 Å². The molecule has 0 spiro atoms. The molecular formula is C28H20Cl3N3O3S2. The number of nitrogens with zero attached hydrogens (tertiary/aromatic N) is 3. The van der Waals surface area contributed by atoms with Crippen molar-refractivity contribution in [2.45, 2.75) is 30.0 Å². The van der Waals surface area contributed by atoms with Crippen molar-refractivity contribution in [2.24, 2.45) is 0 Å². The summed E-state index contributed by atoms with van der Waals surface area (Å²) in [5.41, 5.74) is 3.55. The van der Waals surface area contributed by atoms with E-state index in [9.17, 15) is 14.7 Å². The highest BCUT2D eigenvalue weighted by Gasteiger charge is 2.48. The zero-order valence-electron chi connectivity index (χ0n) is 20.6. The van der Waals surface area contributed by atoms with Crippen LogP contribution in [0.1, 0.15) is 33.9 Å². The van der Waals surface area contributed by atoms with Crippen molar-refractivity contribution in [2.75, 3.05) is 4.90 Å². The van der Waals surface area contributed by atoms with Gasteiger partial charge in [-0.1, -0.05) is 93.8 Å². The number of anilines is 1. The molecule has 1 N–H and O–H groups in total. The van der Waals surface area contributed by atoms with E-state index in [1.165, 1.54) is 28.0 Å². The molecule has 198 valence electrons. The number of Topliss-reactive ketones (excluding diaryl/α,β-unsaturated/α-hetero) is 1. The average molecular weight is 617 g/mol. The van der Waals surface area contributed by atoms with Crippen molar-refractivity contribution in [3.63, 3.8) is 0 Å². The second-order valence-electron chi connectivity index (χ2n) is 8.92. The lowest BCUT2D eigenvalue weighted by Crippen LogP contribution is -2.29. The van der Waals surface area contributed by atoms with Gasteiger partial charge >= 0.3 is 5.91 Å². The van der Waals surface area contributed by atoms with Crippen molar-refractivity contribution in [1.29, 1.82) is 0 Å². The molecule has 0 radical (unpaired) electrons. The van der Waals surface area contributed by atoms with Crippen LogP contribution in [0.2, 0.25) is 15.1 Å². The lowest BCUT2D eigenvalue weighted by atomic mass is 9.93. The lowest BCUT2D eigenvalue weighted by molar-refractivity contribution is -0.132. The number of aryl methyl sites for hydroxylation is 2. The summed E-state index contributed by atoms with van der Waals surface area (Å²) in [5.74, 6) is -1.36. The van der Waals surface area contributed by atoms with Crippen LogP contribution in [0, 0.1) is 13.8 Å². The first kappa shape index (κ1) is 27.7. The first-order valence-corrected chi connectivity index (χ1v) is 14.6. The summed E-state index contributed by atoms with van der Waals surface area (Å²) in [6.45, 7) is 3.72. The molecule has 4 aromatic rings. The molecule has 0 saturated carbocycles. The number of thioether (sulfide) groups is 1. The lowest BCUT2D eigenvalue weighted by Gasteiger charge is -2.23. The Hall–Kier alpha value is -2.88. The van der Waals surface area contributed by atoms with Crippen LogP contribution >= 0.6 is 57.9 Å². The Labute approximate surface area is 248 Å². The number of amides is 1. The molecular weight excluding hydrogens is 597 g/mol. The predicted molar refractivity (Wildman–Crippen MR) is 158 cm³/mol. The smallest absolute Gasteiger partial charge is 0.301 e. The average Bonchev–Trinajstić information content (AvgIpc) is 3.46. The van der Waals surface area contributed by atoms with E-state index in [4.69, 9.17) is 34.8 Å². The predicted octanol–water partition coefficient (Wildman–Crippen LogP) is 8.03. The maximum absolute atomic E-state index is 13.4. The Morgan fingerprint density at radius 3 is 2.51 bits per heavy atom. The number of hydrogen-bond acceptors (Lipinski definition) is 7. The number of halogens is 3. The van der Waals surface area contributed by atoms with Gasteiger partial charge in [-0.2, -0.15) is 0 Å². The summed E-state index contributed by atoms with van der Waals surface area (Å²) < 4.78 is 0.581. The zero-order valence-corrected chi connectivity index (χ0v) is 24.5. The van der Waals surface area contributed by atoms with Crippen LogP contribution in [0.5, 0.6) is 0 Å². The number of benzene rings is 3. The molecule has 1 aliphatic heterocycles. The van der Waals surface area contributed by atoms with Gasteiger partial charge < -0.3 is 5.11 Å². The second-order valence-corrected chi connectivity index (χ2v) is 12.4. The summed E-state index contributed by atoms with van der Waals surface area (Å²) >= 11 is 21.1. The third-order valence-corrected chi connectivity index (χ3v) is 9.15. The number of aliphatic hydroxyl groups excluding tert-OH is 1. The summed E-state index contributed by atoms with van der Waals surface area (Å²) in [6, 6.07) is 16.7. The minimum absolute atomic E-state index is 0.0340. The summed E-state index contributed by atoms with van der Waals surface area (Å²) in [6.07, 6.45) is 0. The maximum Gasteiger partial charge on any atom is 0.301 e. The third kappa shape index (κ3) is 5.58. The standard InChI is InChI=1S/C28H20Cl3N3O3S2/c1-14-6-7-15(2)20(10-14)24(35)22-23(16-4-3-5-18(29)11-16)34(26(37)25(22)36)27-32-33-28(39-27)38-13-17-8-9-19(30)12-21(17)31/h3-12,23,35H,13H2,1-2H3/b24-22+. The fourth-order valence-corrected chi connectivity index (χ4v) is 6.92. The van der Waals surface area contributed by atoms with Gasteiger partial charge in [-0.3, -0.25) is 14.5 Å². The van der Waals surface area contributed by atoms with Crippen LogP contribution in [-0.4, -0.2) is 27.0 Å². The molecule has 1 amide bonds. The number of aromatic nitrogens is 2. The molecule has 1 saturated heterocycles. The topological polar surface area (TPSA) is 83.4 Å². The monoisotopic (exact) mass is 615 g/mol. The number of rotatable bonds is 6. The van der Waals surface area contributed by atoms with Crippen molar-refractivity contribution >= 4 is 80.5 Å². The van der Waals surface area contributed by atoms with Crippen LogP contribution in [0.15, 0.2) is 70.6 Å².